The van der Waals surface area contributed by atoms with Crippen LogP contribution in [0, 0.1) is 0 Å². The summed E-state index contributed by atoms with van der Waals surface area (Å²) in [6.45, 7) is 5.96. The zero-order valence-electron chi connectivity index (χ0n) is 11.7. The molecule has 0 nitrogen and oxygen atoms in total. The van der Waals surface area contributed by atoms with Gasteiger partial charge in [-0.25, -0.2) is 0 Å². The van der Waals surface area contributed by atoms with Crippen molar-refractivity contribution in [2.24, 2.45) is 0 Å². The first kappa shape index (κ1) is 16.2. The van der Waals surface area contributed by atoms with E-state index in [0.717, 1.165) is 12.8 Å². The molecule has 0 fully saturated rings. The molecule has 0 aliphatic heterocycles. The Labute approximate surface area is 109 Å². The van der Waals surface area contributed by atoms with Crippen LogP contribution in [0.3, 0.4) is 0 Å². The molecule has 0 N–H and O–H groups in total. The summed E-state index contributed by atoms with van der Waals surface area (Å²) in [7, 11) is 0. The molecule has 0 radical (unpaired) electrons. The van der Waals surface area contributed by atoms with Crippen LogP contribution in [0.5, 0.6) is 0 Å². The van der Waals surface area contributed by atoms with Crippen molar-refractivity contribution in [3.63, 3.8) is 0 Å². The van der Waals surface area contributed by atoms with Gasteiger partial charge in [-0.05, 0) is 25.7 Å². The first-order valence-corrected chi connectivity index (χ1v) is 7.32. The molecule has 17 heavy (non-hydrogen) atoms. The molecule has 0 amide bonds. The maximum atomic E-state index is 3.69. The largest absolute Gasteiger partial charge is 0.103 e. The third kappa shape index (κ3) is 15.2. The zero-order chi connectivity index (χ0) is 12.6. The second-order valence-electron chi connectivity index (χ2n) is 4.61. The van der Waals surface area contributed by atoms with E-state index in [2.05, 4.69) is 37.8 Å². The predicted octanol–water partition coefficient (Wildman–Crippen LogP) is 6.21. The fourth-order valence-electron chi connectivity index (χ4n) is 1.80. The van der Waals surface area contributed by atoms with Gasteiger partial charge in [-0.2, -0.15) is 0 Å². The van der Waals surface area contributed by atoms with Gasteiger partial charge < -0.3 is 0 Å². The van der Waals surface area contributed by atoms with E-state index in [-0.39, 0.29) is 0 Å². The average Bonchev–Trinajstić information content (AvgIpc) is 2.35. The molecule has 0 spiro atoms. The number of unbranched alkanes of at least 4 members (excludes halogenated alkanes) is 7. The number of hydrogen-bond acceptors (Lipinski definition) is 0. The fourth-order valence-corrected chi connectivity index (χ4v) is 1.80. The van der Waals surface area contributed by atoms with Gasteiger partial charge in [-0.15, -0.1) is 6.58 Å². The van der Waals surface area contributed by atoms with Gasteiger partial charge in [0.05, 0.1) is 0 Å². The van der Waals surface area contributed by atoms with Gasteiger partial charge in [0.1, 0.15) is 0 Å². The van der Waals surface area contributed by atoms with Crippen LogP contribution < -0.4 is 0 Å². The van der Waals surface area contributed by atoms with Crippen molar-refractivity contribution in [3.05, 3.63) is 37.0 Å². The topological polar surface area (TPSA) is 0 Å². The molecule has 0 saturated heterocycles. The number of rotatable bonds is 12. The molecular formula is C17H30. The summed E-state index contributed by atoms with van der Waals surface area (Å²) in [4.78, 5) is 0. The van der Waals surface area contributed by atoms with E-state index in [9.17, 15) is 0 Å². The van der Waals surface area contributed by atoms with E-state index in [1.165, 1.54) is 51.4 Å². The van der Waals surface area contributed by atoms with Gasteiger partial charge in [0.2, 0.25) is 0 Å². The predicted molar refractivity (Wildman–Crippen MR) is 80.3 cm³/mol. The zero-order valence-corrected chi connectivity index (χ0v) is 11.7. The van der Waals surface area contributed by atoms with Crippen molar-refractivity contribution >= 4 is 0 Å². The first-order valence-electron chi connectivity index (χ1n) is 7.32. The van der Waals surface area contributed by atoms with Crippen LogP contribution >= 0.6 is 0 Å². The molecule has 0 saturated carbocycles. The highest BCUT2D eigenvalue weighted by Crippen LogP contribution is 2.08. The van der Waals surface area contributed by atoms with Gasteiger partial charge in [0, 0.05) is 0 Å². The Balaban J connectivity index is 3.11. The average molecular weight is 234 g/mol. The molecule has 0 rings (SSSR count). The highest BCUT2D eigenvalue weighted by atomic mass is 13.9. The van der Waals surface area contributed by atoms with Crippen LogP contribution in [0.15, 0.2) is 37.0 Å². The van der Waals surface area contributed by atoms with Gasteiger partial charge in [-0.3, -0.25) is 0 Å². The molecule has 0 aromatic rings. The summed E-state index contributed by atoms with van der Waals surface area (Å²) in [6, 6.07) is 0. The first-order chi connectivity index (χ1) is 8.41. The standard InChI is InChI=1S/C17H30/c1-3-5-7-9-11-13-15-17-16-14-12-10-8-6-4-2/h3,7,9,13,15H,1,4-6,8,10-12,14,16-17H2,2H3. The smallest absolute Gasteiger partial charge is 0.0169 e. The van der Waals surface area contributed by atoms with E-state index < -0.39 is 0 Å². The van der Waals surface area contributed by atoms with Gasteiger partial charge >= 0.3 is 0 Å². The SMILES string of the molecule is C=CCC=CCC=CCCCCCCCCC. The van der Waals surface area contributed by atoms with Crippen LogP contribution in [-0.4, -0.2) is 0 Å². The van der Waals surface area contributed by atoms with Crippen molar-refractivity contribution in [1.82, 2.24) is 0 Å². The maximum Gasteiger partial charge on any atom is -0.0169 e. The van der Waals surface area contributed by atoms with E-state index >= 15 is 0 Å². The molecular weight excluding hydrogens is 204 g/mol. The second kappa shape index (κ2) is 15.2. The highest BCUT2D eigenvalue weighted by Gasteiger charge is 1.88. The molecule has 0 unspecified atom stereocenters. The molecule has 0 bridgehead atoms. The van der Waals surface area contributed by atoms with Crippen LogP contribution in [0.25, 0.3) is 0 Å². The minimum Gasteiger partial charge on any atom is -0.103 e. The number of hydrogen-bond donors (Lipinski definition) is 0. The van der Waals surface area contributed by atoms with Crippen molar-refractivity contribution in [2.75, 3.05) is 0 Å². The lowest BCUT2D eigenvalue weighted by molar-refractivity contribution is 0.592. The Morgan fingerprint density at radius 2 is 1.29 bits per heavy atom. The fraction of sp³-hybridized carbons (Fsp3) is 0.647. The number of allylic oxidation sites excluding steroid dienone is 5. The Kier molecular flexibility index (Phi) is 14.5. The van der Waals surface area contributed by atoms with Crippen LogP contribution in [0.1, 0.15) is 71.1 Å². The summed E-state index contributed by atoms with van der Waals surface area (Å²) in [5.74, 6) is 0. The van der Waals surface area contributed by atoms with E-state index in [1.807, 2.05) is 6.08 Å². The molecule has 0 heterocycles. The minimum atomic E-state index is 0.992. The summed E-state index contributed by atoms with van der Waals surface area (Å²) in [6.07, 6.45) is 24.0. The molecule has 0 aliphatic carbocycles. The molecule has 0 aromatic heterocycles. The third-order valence-corrected chi connectivity index (χ3v) is 2.88. The van der Waals surface area contributed by atoms with Crippen LogP contribution in [0.2, 0.25) is 0 Å². The Morgan fingerprint density at radius 3 is 2.00 bits per heavy atom. The van der Waals surface area contributed by atoms with Gasteiger partial charge in [-0.1, -0.05) is 75.8 Å². The van der Waals surface area contributed by atoms with Gasteiger partial charge in [0.15, 0.2) is 0 Å². The summed E-state index contributed by atoms with van der Waals surface area (Å²) in [5, 5.41) is 0. The summed E-state index contributed by atoms with van der Waals surface area (Å²) < 4.78 is 0. The van der Waals surface area contributed by atoms with Crippen molar-refractivity contribution in [3.8, 4) is 0 Å². The molecule has 0 heteroatoms. The van der Waals surface area contributed by atoms with E-state index in [0.29, 0.717) is 0 Å². The van der Waals surface area contributed by atoms with E-state index in [4.69, 9.17) is 0 Å². The quantitative estimate of drug-likeness (QED) is 0.278. The lowest BCUT2D eigenvalue weighted by Gasteiger charge is -1.98. The normalized spacial score (nSPS) is 11.6. The second-order valence-corrected chi connectivity index (χ2v) is 4.61. The molecule has 0 aromatic carbocycles. The highest BCUT2D eigenvalue weighted by molar-refractivity contribution is 4.95. The van der Waals surface area contributed by atoms with Gasteiger partial charge in [0.25, 0.3) is 0 Å². The lowest BCUT2D eigenvalue weighted by Crippen LogP contribution is -1.78. The van der Waals surface area contributed by atoms with E-state index in [1.54, 1.807) is 0 Å². The maximum absolute atomic E-state index is 3.69. The van der Waals surface area contributed by atoms with Crippen LogP contribution in [0.4, 0.5) is 0 Å². The lowest BCUT2D eigenvalue weighted by atomic mass is 10.1. The molecule has 0 atom stereocenters. The summed E-state index contributed by atoms with van der Waals surface area (Å²) >= 11 is 0. The van der Waals surface area contributed by atoms with Crippen molar-refractivity contribution in [2.45, 2.75) is 71.1 Å². The van der Waals surface area contributed by atoms with Crippen molar-refractivity contribution in [1.29, 1.82) is 0 Å². The summed E-state index contributed by atoms with van der Waals surface area (Å²) in [5.41, 5.74) is 0. The molecule has 0 aliphatic rings. The van der Waals surface area contributed by atoms with Crippen molar-refractivity contribution < 1.29 is 0 Å². The minimum absolute atomic E-state index is 0.992. The van der Waals surface area contributed by atoms with Crippen LogP contribution in [-0.2, 0) is 0 Å². The Bertz CT molecular complexity index is 198. The molecule has 98 valence electrons. The monoisotopic (exact) mass is 234 g/mol. The Morgan fingerprint density at radius 1 is 0.706 bits per heavy atom. The third-order valence-electron chi connectivity index (χ3n) is 2.88. The Hall–Kier alpha value is -0.780.